The number of anilines is 1. The van der Waals surface area contributed by atoms with E-state index in [-0.39, 0.29) is 11.4 Å². The number of carboxylic acids is 1. The van der Waals surface area contributed by atoms with Gasteiger partial charge in [-0.25, -0.2) is 9.18 Å². The predicted octanol–water partition coefficient (Wildman–Crippen LogP) is 1.43. The molecule has 1 aromatic rings. The first kappa shape index (κ1) is 13.8. The molecule has 1 atom stereocenters. The summed E-state index contributed by atoms with van der Waals surface area (Å²) in [6, 6.07) is 1.83. The number of carboxylic acid groups (broad SMARTS) is 1. The molecule has 18 heavy (non-hydrogen) atoms. The number of rotatable bonds is 4. The van der Waals surface area contributed by atoms with Gasteiger partial charge >= 0.3 is 12.0 Å². The van der Waals surface area contributed by atoms with Gasteiger partial charge < -0.3 is 20.5 Å². The highest BCUT2D eigenvalue weighted by molar-refractivity contribution is 5.93. The fourth-order valence-electron chi connectivity index (χ4n) is 1.19. The second-order valence-corrected chi connectivity index (χ2v) is 3.50. The van der Waals surface area contributed by atoms with Crippen LogP contribution in [0.2, 0.25) is 0 Å². The molecule has 0 aliphatic carbocycles. The van der Waals surface area contributed by atoms with Gasteiger partial charge in [0.05, 0.1) is 12.8 Å². The summed E-state index contributed by atoms with van der Waals surface area (Å²) in [4.78, 5) is 22.0. The fourth-order valence-corrected chi connectivity index (χ4v) is 1.19. The van der Waals surface area contributed by atoms with Gasteiger partial charge in [-0.15, -0.1) is 0 Å². The van der Waals surface area contributed by atoms with Crippen molar-refractivity contribution in [1.82, 2.24) is 5.32 Å². The second kappa shape index (κ2) is 5.85. The van der Waals surface area contributed by atoms with Crippen molar-refractivity contribution >= 4 is 17.7 Å². The highest BCUT2D eigenvalue weighted by atomic mass is 19.1. The van der Waals surface area contributed by atoms with Crippen molar-refractivity contribution in [3.05, 3.63) is 24.0 Å². The quantitative estimate of drug-likeness (QED) is 0.760. The summed E-state index contributed by atoms with van der Waals surface area (Å²) >= 11 is 0. The molecule has 0 aliphatic rings. The molecule has 1 rings (SSSR count). The van der Waals surface area contributed by atoms with Gasteiger partial charge in [0, 0.05) is 6.07 Å². The summed E-state index contributed by atoms with van der Waals surface area (Å²) in [6.07, 6.45) is 0. The number of benzene rings is 1. The predicted molar refractivity (Wildman–Crippen MR) is 62.2 cm³/mol. The zero-order valence-corrected chi connectivity index (χ0v) is 9.86. The minimum atomic E-state index is -1.16. The first-order valence-electron chi connectivity index (χ1n) is 5.08. The summed E-state index contributed by atoms with van der Waals surface area (Å²) in [5, 5.41) is 13.2. The van der Waals surface area contributed by atoms with Gasteiger partial charge in [-0.05, 0) is 19.1 Å². The Kier molecular flexibility index (Phi) is 4.47. The molecule has 0 spiro atoms. The minimum Gasteiger partial charge on any atom is -0.494 e. The lowest BCUT2D eigenvalue weighted by molar-refractivity contribution is -0.138. The van der Waals surface area contributed by atoms with Gasteiger partial charge in [0.15, 0.2) is 0 Å². The van der Waals surface area contributed by atoms with Gasteiger partial charge in [-0.1, -0.05) is 0 Å². The lowest BCUT2D eigenvalue weighted by atomic mass is 10.3. The van der Waals surface area contributed by atoms with E-state index in [1.807, 2.05) is 0 Å². The van der Waals surface area contributed by atoms with E-state index in [1.165, 1.54) is 20.1 Å². The van der Waals surface area contributed by atoms with Crippen molar-refractivity contribution in [2.24, 2.45) is 0 Å². The van der Waals surface area contributed by atoms with E-state index in [0.717, 1.165) is 12.1 Å². The second-order valence-electron chi connectivity index (χ2n) is 3.50. The van der Waals surface area contributed by atoms with Crippen LogP contribution in [0, 0.1) is 5.82 Å². The molecule has 2 amide bonds. The molecular formula is C11H13FN2O4. The van der Waals surface area contributed by atoms with Crippen molar-refractivity contribution in [2.75, 3.05) is 12.4 Å². The third-order valence-electron chi connectivity index (χ3n) is 2.13. The van der Waals surface area contributed by atoms with E-state index in [2.05, 4.69) is 10.6 Å². The Morgan fingerprint density at radius 2 is 2.11 bits per heavy atom. The van der Waals surface area contributed by atoms with Crippen molar-refractivity contribution in [2.45, 2.75) is 13.0 Å². The van der Waals surface area contributed by atoms with E-state index in [9.17, 15) is 14.0 Å². The molecule has 0 fully saturated rings. The topological polar surface area (TPSA) is 87.7 Å². The molecule has 6 nitrogen and oxygen atoms in total. The Morgan fingerprint density at radius 1 is 1.44 bits per heavy atom. The standard InChI is InChI=1S/C11H13FN2O4/c1-6(10(15)16)13-11(17)14-8-4-3-7(12)5-9(8)18-2/h3-6H,1-2H3,(H,15,16)(H2,13,14,17)/t6-/m1/s1. The summed E-state index contributed by atoms with van der Waals surface area (Å²) in [7, 11) is 1.33. The van der Waals surface area contributed by atoms with Gasteiger partial charge in [0.1, 0.15) is 17.6 Å². The molecule has 7 heteroatoms. The third-order valence-corrected chi connectivity index (χ3v) is 2.13. The number of hydrogen-bond acceptors (Lipinski definition) is 3. The van der Waals surface area contributed by atoms with Crippen LogP contribution in [-0.4, -0.2) is 30.3 Å². The molecule has 0 radical (unpaired) electrons. The van der Waals surface area contributed by atoms with Crippen LogP contribution in [0.15, 0.2) is 18.2 Å². The number of halogens is 1. The van der Waals surface area contributed by atoms with Crippen molar-refractivity contribution in [3.63, 3.8) is 0 Å². The Balaban J connectivity index is 2.73. The highest BCUT2D eigenvalue weighted by Gasteiger charge is 2.15. The van der Waals surface area contributed by atoms with E-state index in [4.69, 9.17) is 9.84 Å². The number of aliphatic carboxylic acids is 1. The molecule has 3 N–H and O–H groups in total. The summed E-state index contributed by atoms with van der Waals surface area (Å²) in [5.74, 6) is -1.51. The lowest BCUT2D eigenvalue weighted by Gasteiger charge is -2.13. The largest absolute Gasteiger partial charge is 0.494 e. The van der Waals surface area contributed by atoms with Crippen molar-refractivity contribution in [1.29, 1.82) is 0 Å². The minimum absolute atomic E-state index is 0.146. The molecule has 0 aliphatic heterocycles. The van der Waals surface area contributed by atoms with Crippen molar-refractivity contribution < 1.29 is 23.8 Å². The number of hydrogen-bond donors (Lipinski definition) is 3. The number of carbonyl (C=O) groups is 2. The number of urea groups is 1. The average Bonchev–Trinajstić information content (AvgIpc) is 2.31. The highest BCUT2D eigenvalue weighted by Crippen LogP contribution is 2.24. The zero-order valence-electron chi connectivity index (χ0n) is 9.86. The molecule has 98 valence electrons. The molecule has 0 aromatic heterocycles. The van der Waals surface area contributed by atoms with Gasteiger partial charge in [-0.2, -0.15) is 0 Å². The van der Waals surface area contributed by atoms with Crippen LogP contribution in [0.25, 0.3) is 0 Å². The maximum Gasteiger partial charge on any atom is 0.325 e. The van der Waals surface area contributed by atoms with Crippen LogP contribution >= 0.6 is 0 Å². The van der Waals surface area contributed by atoms with Gasteiger partial charge in [0.2, 0.25) is 0 Å². The van der Waals surface area contributed by atoms with E-state index in [0.29, 0.717) is 0 Å². The van der Waals surface area contributed by atoms with Crippen LogP contribution in [0.4, 0.5) is 14.9 Å². The van der Waals surface area contributed by atoms with E-state index >= 15 is 0 Å². The van der Waals surface area contributed by atoms with Crippen LogP contribution in [0.5, 0.6) is 5.75 Å². The Morgan fingerprint density at radius 3 is 2.67 bits per heavy atom. The third kappa shape index (κ3) is 3.62. The molecule has 0 unspecified atom stereocenters. The normalized spacial score (nSPS) is 11.5. The molecule has 0 heterocycles. The average molecular weight is 256 g/mol. The lowest BCUT2D eigenvalue weighted by Crippen LogP contribution is -2.40. The SMILES string of the molecule is COc1cc(F)ccc1NC(=O)N[C@H](C)C(=O)O. The fraction of sp³-hybridized carbons (Fsp3) is 0.273. The first-order chi connectivity index (χ1) is 8.43. The van der Waals surface area contributed by atoms with Gasteiger partial charge in [-0.3, -0.25) is 4.79 Å². The zero-order chi connectivity index (χ0) is 13.7. The number of amides is 2. The van der Waals surface area contributed by atoms with Crippen LogP contribution in [-0.2, 0) is 4.79 Å². The number of carbonyl (C=O) groups excluding carboxylic acids is 1. The Bertz CT molecular complexity index is 464. The smallest absolute Gasteiger partial charge is 0.325 e. The monoisotopic (exact) mass is 256 g/mol. The Hall–Kier alpha value is -2.31. The number of ether oxygens (including phenoxy) is 1. The van der Waals surface area contributed by atoms with E-state index < -0.39 is 23.9 Å². The summed E-state index contributed by atoms with van der Waals surface area (Å²) in [5.41, 5.74) is 0.244. The Labute approximate surface area is 103 Å². The van der Waals surface area contributed by atoms with Gasteiger partial charge in [0.25, 0.3) is 0 Å². The first-order valence-corrected chi connectivity index (χ1v) is 5.08. The summed E-state index contributed by atoms with van der Waals surface area (Å²) < 4.78 is 17.8. The molecular weight excluding hydrogens is 243 g/mol. The summed E-state index contributed by atoms with van der Waals surface area (Å²) in [6.45, 7) is 1.32. The molecule has 0 bridgehead atoms. The number of methoxy groups -OCH3 is 1. The molecule has 1 aromatic carbocycles. The maximum atomic E-state index is 12.9. The van der Waals surface area contributed by atoms with Crippen molar-refractivity contribution in [3.8, 4) is 5.75 Å². The molecule has 0 saturated carbocycles. The molecule has 0 saturated heterocycles. The van der Waals surface area contributed by atoms with E-state index in [1.54, 1.807) is 0 Å². The van der Waals surface area contributed by atoms with Crippen LogP contribution < -0.4 is 15.4 Å². The number of nitrogens with one attached hydrogen (secondary N) is 2. The van der Waals surface area contributed by atoms with Crippen LogP contribution in [0.1, 0.15) is 6.92 Å². The van der Waals surface area contributed by atoms with Crippen LogP contribution in [0.3, 0.4) is 0 Å². The maximum absolute atomic E-state index is 12.9.